The Kier molecular flexibility index (Phi) is 5.41. The van der Waals surface area contributed by atoms with Crippen LogP contribution < -0.4 is 4.74 Å². The number of ether oxygens (including phenoxy) is 2. The maximum Gasteiger partial charge on any atom is 0.253 e. The molecule has 0 aromatic heterocycles. The summed E-state index contributed by atoms with van der Waals surface area (Å²) in [4.78, 5) is 17.2. The third-order valence-electron chi connectivity index (χ3n) is 5.03. The SMILES string of the molecule is COc1cccc(C(=O)N2CCC(N3C[C@@H](C)O[C@@H](C)C3)CC2)c1. The van der Waals surface area contributed by atoms with Gasteiger partial charge in [-0.1, -0.05) is 6.07 Å². The summed E-state index contributed by atoms with van der Waals surface area (Å²) >= 11 is 0. The van der Waals surface area contributed by atoms with E-state index in [0.29, 0.717) is 23.8 Å². The van der Waals surface area contributed by atoms with Gasteiger partial charge in [-0.05, 0) is 44.9 Å². The van der Waals surface area contributed by atoms with Gasteiger partial charge in [0.05, 0.1) is 19.3 Å². The molecule has 2 fully saturated rings. The van der Waals surface area contributed by atoms with Gasteiger partial charge in [-0.25, -0.2) is 0 Å². The predicted octanol–water partition coefficient (Wildman–Crippen LogP) is 2.41. The van der Waals surface area contributed by atoms with Crippen LogP contribution >= 0.6 is 0 Å². The normalized spacial score (nSPS) is 26.4. The van der Waals surface area contributed by atoms with E-state index in [4.69, 9.17) is 9.47 Å². The minimum absolute atomic E-state index is 0.107. The largest absolute Gasteiger partial charge is 0.497 e. The van der Waals surface area contributed by atoms with Crippen LogP contribution in [0.3, 0.4) is 0 Å². The molecular weight excluding hydrogens is 304 g/mol. The molecule has 1 aromatic rings. The fourth-order valence-electron chi connectivity index (χ4n) is 3.89. The Bertz CT molecular complexity index is 559. The molecule has 1 amide bonds. The van der Waals surface area contributed by atoms with Crippen molar-refractivity contribution in [2.75, 3.05) is 33.3 Å². The molecule has 0 aliphatic carbocycles. The van der Waals surface area contributed by atoms with Gasteiger partial charge in [0.2, 0.25) is 0 Å². The van der Waals surface area contributed by atoms with Crippen LogP contribution in [0.4, 0.5) is 0 Å². The van der Waals surface area contributed by atoms with Gasteiger partial charge >= 0.3 is 0 Å². The number of rotatable bonds is 3. The number of methoxy groups -OCH3 is 1. The number of carbonyl (C=O) groups is 1. The average Bonchev–Trinajstić information content (AvgIpc) is 2.60. The van der Waals surface area contributed by atoms with Crippen LogP contribution in [0, 0.1) is 0 Å². The number of amides is 1. The first kappa shape index (κ1) is 17.2. The highest BCUT2D eigenvalue weighted by molar-refractivity contribution is 5.94. The van der Waals surface area contributed by atoms with Crippen molar-refractivity contribution in [3.8, 4) is 5.75 Å². The van der Waals surface area contributed by atoms with Crippen LogP contribution in [0.5, 0.6) is 5.75 Å². The van der Waals surface area contributed by atoms with E-state index < -0.39 is 0 Å². The van der Waals surface area contributed by atoms with Gasteiger partial charge in [0.1, 0.15) is 5.75 Å². The Hall–Kier alpha value is -1.59. The maximum absolute atomic E-state index is 12.7. The van der Waals surface area contributed by atoms with Gasteiger partial charge in [-0.2, -0.15) is 0 Å². The maximum atomic E-state index is 12.7. The van der Waals surface area contributed by atoms with E-state index in [0.717, 1.165) is 44.8 Å². The zero-order valence-corrected chi connectivity index (χ0v) is 14.9. The highest BCUT2D eigenvalue weighted by Gasteiger charge is 2.31. The van der Waals surface area contributed by atoms with Gasteiger partial charge in [-0.15, -0.1) is 0 Å². The molecule has 0 bridgehead atoms. The van der Waals surface area contributed by atoms with Gasteiger partial charge < -0.3 is 14.4 Å². The smallest absolute Gasteiger partial charge is 0.253 e. The lowest BCUT2D eigenvalue weighted by molar-refractivity contribution is -0.0856. The minimum atomic E-state index is 0.107. The molecule has 0 spiro atoms. The Morgan fingerprint density at radius 3 is 2.46 bits per heavy atom. The van der Waals surface area contributed by atoms with Gasteiger partial charge in [0, 0.05) is 37.8 Å². The lowest BCUT2D eigenvalue weighted by Gasteiger charge is -2.43. The van der Waals surface area contributed by atoms with Crippen LogP contribution in [-0.4, -0.2) is 67.2 Å². The van der Waals surface area contributed by atoms with E-state index >= 15 is 0 Å². The third kappa shape index (κ3) is 3.90. The molecule has 1 aromatic carbocycles. The van der Waals surface area contributed by atoms with E-state index in [1.165, 1.54) is 0 Å². The number of piperidine rings is 1. The quantitative estimate of drug-likeness (QED) is 0.852. The second-order valence-electron chi connectivity index (χ2n) is 6.97. The van der Waals surface area contributed by atoms with Crippen LogP contribution in [0.1, 0.15) is 37.0 Å². The van der Waals surface area contributed by atoms with E-state index in [-0.39, 0.29) is 5.91 Å². The van der Waals surface area contributed by atoms with E-state index in [2.05, 4.69) is 18.7 Å². The standard InChI is InChI=1S/C19H28N2O3/c1-14-12-21(13-15(2)24-14)17-7-9-20(10-8-17)19(22)16-5-4-6-18(11-16)23-3/h4-6,11,14-15,17H,7-10,12-13H2,1-3H3/t14-,15+. The fourth-order valence-corrected chi connectivity index (χ4v) is 3.89. The van der Waals surface area contributed by atoms with E-state index in [1.807, 2.05) is 29.2 Å². The summed E-state index contributed by atoms with van der Waals surface area (Å²) in [6.07, 6.45) is 2.67. The molecule has 0 N–H and O–H groups in total. The summed E-state index contributed by atoms with van der Waals surface area (Å²) in [5, 5.41) is 0. The van der Waals surface area contributed by atoms with Crippen molar-refractivity contribution < 1.29 is 14.3 Å². The van der Waals surface area contributed by atoms with Crippen molar-refractivity contribution in [2.24, 2.45) is 0 Å². The summed E-state index contributed by atoms with van der Waals surface area (Å²) in [6.45, 7) is 7.92. The first-order valence-electron chi connectivity index (χ1n) is 8.89. The molecule has 0 saturated carbocycles. The summed E-state index contributed by atoms with van der Waals surface area (Å²) < 4.78 is 11.0. The van der Waals surface area contributed by atoms with Crippen LogP contribution in [0.25, 0.3) is 0 Å². The second kappa shape index (κ2) is 7.53. The number of likely N-dealkylation sites (tertiary alicyclic amines) is 1. The van der Waals surface area contributed by atoms with Gasteiger partial charge in [0.25, 0.3) is 5.91 Å². The Morgan fingerprint density at radius 2 is 1.83 bits per heavy atom. The zero-order chi connectivity index (χ0) is 17.1. The summed E-state index contributed by atoms with van der Waals surface area (Å²) in [6, 6.07) is 7.98. The first-order chi connectivity index (χ1) is 11.6. The molecule has 5 heteroatoms. The molecule has 24 heavy (non-hydrogen) atoms. The molecule has 2 aliphatic rings. The number of hydrogen-bond acceptors (Lipinski definition) is 4. The number of benzene rings is 1. The zero-order valence-electron chi connectivity index (χ0n) is 14.9. The van der Waals surface area contributed by atoms with Crippen LogP contribution in [-0.2, 0) is 4.74 Å². The van der Waals surface area contributed by atoms with Gasteiger partial charge in [-0.3, -0.25) is 9.69 Å². The molecule has 2 heterocycles. The molecule has 0 radical (unpaired) electrons. The molecule has 3 rings (SSSR count). The average molecular weight is 332 g/mol. The summed E-state index contributed by atoms with van der Waals surface area (Å²) in [7, 11) is 1.62. The molecule has 2 atom stereocenters. The number of nitrogens with zero attached hydrogens (tertiary/aromatic N) is 2. The highest BCUT2D eigenvalue weighted by Crippen LogP contribution is 2.23. The predicted molar refractivity (Wildman–Crippen MR) is 93.5 cm³/mol. The third-order valence-corrected chi connectivity index (χ3v) is 5.03. The van der Waals surface area contributed by atoms with Crippen LogP contribution in [0.15, 0.2) is 24.3 Å². The van der Waals surface area contributed by atoms with E-state index in [1.54, 1.807) is 7.11 Å². The van der Waals surface area contributed by atoms with Crippen molar-refractivity contribution in [1.29, 1.82) is 0 Å². The topological polar surface area (TPSA) is 42.0 Å². The monoisotopic (exact) mass is 332 g/mol. The second-order valence-corrected chi connectivity index (χ2v) is 6.97. The van der Waals surface area contributed by atoms with Crippen molar-refractivity contribution in [3.63, 3.8) is 0 Å². The molecule has 2 aliphatic heterocycles. The number of hydrogen-bond donors (Lipinski definition) is 0. The van der Waals surface area contributed by atoms with Crippen LogP contribution in [0.2, 0.25) is 0 Å². The Balaban J connectivity index is 1.57. The molecule has 0 unspecified atom stereocenters. The summed E-state index contributed by atoms with van der Waals surface area (Å²) in [5.74, 6) is 0.836. The lowest BCUT2D eigenvalue weighted by Crippen LogP contribution is -2.53. The van der Waals surface area contributed by atoms with Crippen molar-refractivity contribution >= 4 is 5.91 Å². The van der Waals surface area contributed by atoms with Crippen molar-refractivity contribution in [2.45, 2.75) is 44.9 Å². The molecule has 5 nitrogen and oxygen atoms in total. The lowest BCUT2D eigenvalue weighted by atomic mass is 10.0. The first-order valence-corrected chi connectivity index (χ1v) is 8.89. The van der Waals surface area contributed by atoms with Crippen molar-refractivity contribution in [1.82, 2.24) is 9.80 Å². The van der Waals surface area contributed by atoms with E-state index in [9.17, 15) is 4.79 Å². The Morgan fingerprint density at radius 1 is 1.17 bits per heavy atom. The highest BCUT2D eigenvalue weighted by atomic mass is 16.5. The number of morpholine rings is 1. The fraction of sp³-hybridized carbons (Fsp3) is 0.632. The molecular formula is C19H28N2O3. The van der Waals surface area contributed by atoms with Gasteiger partial charge in [0.15, 0.2) is 0 Å². The number of carbonyl (C=O) groups excluding carboxylic acids is 1. The minimum Gasteiger partial charge on any atom is -0.497 e. The van der Waals surface area contributed by atoms with Crippen molar-refractivity contribution in [3.05, 3.63) is 29.8 Å². The Labute approximate surface area is 144 Å². The molecule has 132 valence electrons. The summed E-state index contributed by atoms with van der Waals surface area (Å²) in [5.41, 5.74) is 0.710. The molecule has 2 saturated heterocycles.